The summed E-state index contributed by atoms with van der Waals surface area (Å²) in [6, 6.07) is 7.73. The van der Waals surface area contributed by atoms with Crippen molar-refractivity contribution in [1.82, 2.24) is 0 Å². The molecule has 7 heteroatoms. The number of fused-ring (bicyclic) bond motifs is 1. The number of halogens is 3. The molecule has 1 aliphatic heterocycles. The first-order valence-electron chi connectivity index (χ1n) is 9.61. The van der Waals surface area contributed by atoms with Gasteiger partial charge in [0.25, 0.3) is 0 Å². The van der Waals surface area contributed by atoms with Gasteiger partial charge in [0.05, 0.1) is 12.2 Å². The van der Waals surface area contributed by atoms with Crippen LogP contribution < -0.4 is 4.74 Å². The van der Waals surface area contributed by atoms with Crippen molar-refractivity contribution in [2.24, 2.45) is 0 Å². The second-order valence-corrected chi connectivity index (χ2v) is 7.50. The molecule has 1 heterocycles. The van der Waals surface area contributed by atoms with Crippen molar-refractivity contribution in [1.29, 1.82) is 0 Å². The molecule has 1 saturated carbocycles. The van der Waals surface area contributed by atoms with E-state index in [1.165, 1.54) is 6.07 Å². The Labute approximate surface area is 166 Å². The van der Waals surface area contributed by atoms with E-state index in [2.05, 4.69) is 0 Å². The van der Waals surface area contributed by atoms with E-state index in [4.69, 9.17) is 9.47 Å². The summed E-state index contributed by atoms with van der Waals surface area (Å²) in [7, 11) is 0. The molecule has 0 saturated heterocycles. The van der Waals surface area contributed by atoms with Crippen molar-refractivity contribution in [2.75, 3.05) is 6.61 Å². The van der Waals surface area contributed by atoms with Gasteiger partial charge in [-0.05, 0) is 72.1 Å². The first kappa shape index (κ1) is 19.8. The van der Waals surface area contributed by atoms with Crippen LogP contribution in [0.1, 0.15) is 60.6 Å². The summed E-state index contributed by atoms with van der Waals surface area (Å²) in [4.78, 5) is 11.4. The lowest BCUT2D eigenvalue weighted by atomic mass is 9.87. The number of carbonyl (C=O) groups excluding carboxylic acids is 1. The highest BCUT2D eigenvalue weighted by Crippen LogP contribution is 2.50. The van der Waals surface area contributed by atoms with Crippen LogP contribution in [-0.2, 0) is 22.1 Å². The summed E-state index contributed by atoms with van der Waals surface area (Å²) >= 11 is 0. The van der Waals surface area contributed by atoms with E-state index in [9.17, 15) is 23.1 Å². The Kier molecular flexibility index (Phi) is 5.02. The fraction of sp³-hybridized carbons (Fsp3) is 0.409. The number of benzene rings is 2. The molecule has 4 nitrogen and oxygen atoms in total. The zero-order valence-corrected chi connectivity index (χ0v) is 15.9. The van der Waals surface area contributed by atoms with Crippen molar-refractivity contribution in [3.8, 4) is 16.9 Å². The number of aliphatic hydroxyl groups excluding tert-OH is 1. The van der Waals surface area contributed by atoms with Crippen LogP contribution in [-0.4, -0.2) is 17.7 Å². The topological polar surface area (TPSA) is 55.8 Å². The van der Waals surface area contributed by atoms with E-state index < -0.39 is 29.6 Å². The van der Waals surface area contributed by atoms with Crippen LogP contribution in [0.25, 0.3) is 11.1 Å². The third-order valence-electron chi connectivity index (χ3n) is 5.32. The van der Waals surface area contributed by atoms with Gasteiger partial charge in [0.15, 0.2) is 0 Å². The SMILES string of the molecule is CC(=O)OC(O)c1c(C(F)(F)F)ccc(C2CC2)c1-c1ccc2c(c1)CCCO2. The summed E-state index contributed by atoms with van der Waals surface area (Å²) in [6.45, 7) is 1.66. The summed E-state index contributed by atoms with van der Waals surface area (Å²) < 4.78 is 51.8. The number of alkyl halides is 3. The Bertz CT molecular complexity index is 948. The van der Waals surface area contributed by atoms with Gasteiger partial charge in [0.1, 0.15) is 5.75 Å². The van der Waals surface area contributed by atoms with Crippen LogP contribution in [0.4, 0.5) is 13.2 Å². The monoisotopic (exact) mass is 406 g/mol. The van der Waals surface area contributed by atoms with E-state index in [0.717, 1.165) is 55.5 Å². The molecule has 0 radical (unpaired) electrons. The molecular weight excluding hydrogens is 385 g/mol. The summed E-state index contributed by atoms with van der Waals surface area (Å²) in [5.41, 5.74) is 1.10. The maximum Gasteiger partial charge on any atom is 0.416 e. The molecular formula is C22H21F3O4. The average Bonchev–Trinajstić information content (AvgIpc) is 3.50. The molecule has 2 aromatic carbocycles. The number of esters is 1. The zero-order valence-electron chi connectivity index (χ0n) is 15.9. The van der Waals surface area contributed by atoms with Gasteiger partial charge in [0, 0.05) is 12.5 Å². The van der Waals surface area contributed by atoms with Gasteiger partial charge in [0.2, 0.25) is 6.29 Å². The third kappa shape index (κ3) is 3.96. The molecule has 1 fully saturated rings. The normalized spacial score (nSPS) is 17.3. The molecule has 154 valence electrons. The van der Waals surface area contributed by atoms with Crippen LogP contribution in [0, 0.1) is 0 Å². The number of ether oxygens (including phenoxy) is 2. The molecule has 2 aliphatic rings. The smallest absolute Gasteiger partial charge is 0.416 e. The van der Waals surface area contributed by atoms with Crippen LogP contribution in [0.5, 0.6) is 5.75 Å². The number of hydrogen-bond acceptors (Lipinski definition) is 4. The lowest BCUT2D eigenvalue weighted by molar-refractivity contribution is -0.170. The molecule has 29 heavy (non-hydrogen) atoms. The third-order valence-corrected chi connectivity index (χ3v) is 5.32. The quantitative estimate of drug-likeness (QED) is 0.565. The highest BCUT2D eigenvalue weighted by atomic mass is 19.4. The van der Waals surface area contributed by atoms with Gasteiger partial charge < -0.3 is 14.6 Å². The van der Waals surface area contributed by atoms with Crippen LogP contribution in [0.15, 0.2) is 30.3 Å². The van der Waals surface area contributed by atoms with Gasteiger partial charge in [-0.25, -0.2) is 0 Å². The first-order chi connectivity index (χ1) is 13.8. The second kappa shape index (κ2) is 7.37. The van der Waals surface area contributed by atoms with Gasteiger partial charge in [-0.15, -0.1) is 0 Å². The maximum absolute atomic E-state index is 13.8. The molecule has 1 N–H and O–H groups in total. The largest absolute Gasteiger partial charge is 0.493 e. The minimum Gasteiger partial charge on any atom is -0.493 e. The summed E-state index contributed by atoms with van der Waals surface area (Å²) in [5.74, 6) is -0.00267. The lowest BCUT2D eigenvalue weighted by Gasteiger charge is -2.25. The van der Waals surface area contributed by atoms with Crippen LogP contribution in [0.2, 0.25) is 0 Å². The predicted molar refractivity (Wildman–Crippen MR) is 99.4 cm³/mol. The fourth-order valence-electron chi connectivity index (χ4n) is 3.93. The standard InChI is InChI=1S/C22H21F3O4/c1-12(26)29-21(27)20-17(22(23,24)25)8-7-16(13-4-5-13)19(20)15-6-9-18-14(11-15)3-2-10-28-18/h6-9,11,13,21,27H,2-5,10H2,1H3. The predicted octanol–water partition coefficient (Wildman–Crippen LogP) is 5.13. The van der Waals surface area contributed by atoms with Crippen molar-refractivity contribution >= 4 is 5.97 Å². The zero-order chi connectivity index (χ0) is 20.8. The molecule has 2 aromatic rings. The maximum atomic E-state index is 13.8. The van der Waals surface area contributed by atoms with Gasteiger partial charge in [-0.2, -0.15) is 13.2 Å². The molecule has 1 unspecified atom stereocenters. The van der Waals surface area contributed by atoms with Crippen molar-refractivity contribution in [2.45, 2.75) is 51.0 Å². The first-order valence-corrected chi connectivity index (χ1v) is 9.61. The fourth-order valence-corrected chi connectivity index (χ4v) is 3.93. The van der Waals surface area contributed by atoms with Crippen LogP contribution >= 0.6 is 0 Å². The Morgan fingerprint density at radius 1 is 1.24 bits per heavy atom. The molecule has 0 aromatic heterocycles. The highest BCUT2D eigenvalue weighted by Gasteiger charge is 2.40. The number of hydrogen-bond donors (Lipinski definition) is 1. The van der Waals surface area contributed by atoms with E-state index in [1.807, 2.05) is 6.07 Å². The van der Waals surface area contributed by atoms with E-state index in [1.54, 1.807) is 12.1 Å². The van der Waals surface area contributed by atoms with E-state index in [0.29, 0.717) is 17.7 Å². The van der Waals surface area contributed by atoms with Crippen molar-refractivity contribution < 1.29 is 32.5 Å². The number of rotatable bonds is 4. The molecule has 1 aliphatic carbocycles. The Morgan fingerprint density at radius 2 is 2.00 bits per heavy atom. The number of carbonyl (C=O) groups is 1. The molecule has 1 atom stereocenters. The Balaban J connectivity index is 1.96. The van der Waals surface area contributed by atoms with Gasteiger partial charge in [-0.3, -0.25) is 4.79 Å². The summed E-state index contributed by atoms with van der Waals surface area (Å²) in [5, 5.41) is 10.5. The van der Waals surface area contributed by atoms with E-state index in [-0.39, 0.29) is 5.92 Å². The Hall–Kier alpha value is -2.54. The molecule has 4 rings (SSSR count). The van der Waals surface area contributed by atoms with Crippen molar-refractivity contribution in [3.05, 3.63) is 52.6 Å². The van der Waals surface area contributed by atoms with Gasteiger partial charge >= 0.3 is 12.1 Å². The minimum atomic E-state index is -4.70. The molecule has 0 amide bonds. The van der Waals surface area contributed by atoms with E-state index >= 15 is 0 Å². The summed E-state index contributed by atoms with van der Waals surface area (Å²) in [6.07, 6.45) is -3.37. The van der Waals surface area contributed by atoms with Crippen molar-refractivity contribution in [3.63, 3.8) is 0 Å². The number of aryl methyl sites for hydroxylation is 1. The van der Waals surface area contributed by atoms with Gasteiger partial charge in [-0.1, -0.05) is 12.1 Å². The highest BCUT2D eigenvalue weighted by molar-refractivity contribution is 5.76. The lowest BCUT2D eigenvalue weighted by Crippen LogP contribution is -2.18. The molecule has 0 spiro atoms. The average molecular weight is 406 g/mol. The molecule has 0 bridgehead atoms. The second-order valence-electron chi connectivity index (χ2n) is 7.50. The minimum absolute atomic E-state index is 0.128. The number of aliphatic hydroxyl groups is 1. The van der Waals surface area contributed by atoms with Crippen LogP contribution in [0.3, 0.4) is 0 Å². The Morgan fingerprint density at radius 3 is 2.66 bits per heavy atom.